The molecule has 2 amide bonds. The zero-order valence-electron chi connectivity index (χ0n) is 38.2. The number of ether oxygens (including phenoxy) is 8. The molecule has 366 valence electrons. The normalized spacial score (nSPS) is 28.7. The second kappa shape index (κ2) is 26.7. The highest BCUT2D eigenvalue weighted by Crippen LogP contribution is 2.58. The van der Waals surface area contributed by atoms with E-state index in [9.17, 15) is 29.4 Å². The molecule has 0 aromatic heterocycles. The van der Waals surface area contributed by atoms with Gasteiger partial charge in [-0.1, -0.05) is 0 Å². The van der Waals surface area contributed by atoms with Gasteiger partial charge in [-0.25, -0.2) is 0 Å². The Morgan fingerprint density at radius 3 is 0.953 bits per heavy atom. The SMILES string of the molecule is O=C(O)CN(CCN(CC(=O)O)CC(=O)NCCOCCOCCOCCOC12CC3CC(CC(C3)C1)C2)CC(=O)NCCOCCOCCOCCOC12CC3CC(CC(C3)C1)C2. The van der Waals surface area contributed by atoms with Crippen LogP contribution in [0.15, 0.2) is 0 Å². The Morgan fingerprint density at radius 2 is 0.672 bits per heavy atom. The highest BCUT2D eigenvalue weighted by Gasteiger charge is 2.52. The summed E-state index contributed by atoms with van der Waals surface area (Å²) in [7, 11) is 0. The van der Waals surface area contributed by atoms with Crippen LogP contribution in [-0.4, -0.2) is 200 Å². The Hall–Kier alpha value is -2.52. The van der Waals surface area contributed by atoms with E-state index in [4.69, 9.17) is 37.9 Å². The lowest BCUT2D eigenvalue weighted by atomic mass is 9.54. The standard InChI is InChI=1S/C46H78N4O14/c51-41(47-1-5-57-7-9-59-11-13-61-15-17-63-45-25-35-19-36(26-45)21-37(20-35)27-45)31-49(33-43(53)54)3-4-50(34-44(55)56)32-42(52)48-2-6-58-8-10-60-12-14-62-16-18-64-46-28-38-22-39(29-46)24-40(23-38)30-46/h35-40H,1-34H2,(H,47,51)(H,48,52)(H,53,54)(H,55,56). The van der Waals surface area contributed by atoms with Crippen molar-refractivity contribution in [2.24, 2.45) is 35.5 Å². The van der Waals surface area contributed by atoms with Crippen LogP contribution in [-0.2, 0) is 57.1 Å². The molecule has 8 rings (SSSR count). The number of hydrogen-bond acceptors (Lipinski definition) is 14. The van der Waals surface area contributed by atoms with Gasteiger partial charge in [0.15, 0.2) is 0 Å². The Bertz CT molecular complexity index is 1260. The number of amides is 2. The first-order chi connectivity index (χ1) is 31.0. The Morgan fingerprint density at radius 1 is 0.406 bits per heavy atom. The maximum absolute atomic E-state index is 12.6. The van der Waals surface area contributed by atoms with Gasteiger partial charge in [0, 0.05) is 26.2 Å². The van der Waals surface area contributed by atoms with Gasteiger partial charge in [0.05, 0.1) is 130 Å². The molecule has 8 saturated carbocycles. The molecule has 4 N–H and O–H groups in total. The molecule has 18 heteroatoms. The molecule has 0 aliphatic heterocycles. The van der Waals surface area contributed by atoms with Crippen molar-refractivity contribution in [3.8, 4) is 0 Å². The van der Waals surface area contributed by atoms with Crippen LogP contribution in [0, 0.1) is 35.5 Å². The minimum absolute atomic E-state index is 0.0522. The molecule has 0 unspecified atom stereocenters. The molecule has 0 spiro atoms. The first kappa shape index (κ1) is 50.9. The zero-order valence-corrected chi connectivity index (χ0v) is 38.2. The fourth-order valence-electron chi connectivity index (χ4n) is 12.3. The minimum Gasteiger partial charge on any atom is -0.480 e. The molecule has 8 aliphatic carbocycles. The third-order valence-corrected chi connectivity index (χ3v) is 14.0. The molecule has 8 bridgehead atoms. The number of nitrogens with one attached hydrogen (secondary N) is 2. The summed E-state index contributed by atoms with van der Waals surface area (Å²) in [6.07, 6.45) is 15.7. The van der Waals surface area contributed by atoms with Gasteiger partial charge in [-0.2, -0.15) is 0 Å². The molecular weight excluding hydrogens is 833 g/mol. The van der Waals surface area contributed by atoms with Crippen molar-refractivity contribution < 1.29 is 67.3 Å². The van der Waals surface area contributed by atoms with Crippen molar-refractivity contribution in [3.63, 3.8) is 0 Å². The Kier molecular flexibility index (Phi) is 21.2. The van der Waals surface area contributed by atoms with Gasteiger partial charge < -0.3 is 58.7 Å². The van der Waals surface area contributed by atoms with E-state index in [1.807, 2.05) is 0 Å². The lowest BCUT2D eigenvalue weighted by Crippen LogP contribution is -2.52. The molecule has 0 aromatic rings. The molecule has 0 aromatic carbocycles. The van der Waals surface area contributed by atoms with Crippen LogP contribution in [0.3, 0.4) is 0 Å². The highest BCUT2D eigenvalue weighted by molar-refractivity contribution is 5.79. The largest absolute Gasteiger partial charge is 0.480 e. The molecular formula is C46H78N4O14. The van der Waals surface area contributed by atoms with Gasteiger partial charge >= 0.3 is 11.9 Å². The van der Waals surface area contributed by atoms with E-state index in [0.29, 0.717) is 79.3 Å². The highest BCUT2D eigenvalue weighted by atomic mass is 16.6. The van der Waals surface area contributed by atoms with Crippen LogP contribution < -0.4 is 10.6 Å². The van der Waals surface area contributed by atoms with Gasteiger partial charge in [0.25, 0.3) is 0 Å². The maximum atomic E-state index is 12.6. The van der Waals surface area contributed by atoms with Crippen LogP contribution in [0.2, 0.25) is 0 Å². The van der Waals surface area contributed by atoms with E-state index < -0.39 is 36.8 Å². The van der Waals surface area contributed by atoms with Gasteiger partial charge in [0.2, 0.25) is 11.8 Å². The average molecular weight is 911 g/mol. The average Bonchev–Trinajstić information content (AvgIpc) is 3.22. The quantitative estimate of drug-likeness (QED) is 0.0657. The molecule has 0 heterocycles. The van der Waals surface area contributed by atoms with Crippen molar-refractivity contribution in [1.29, 1.82) is 0 Å². The summed E-state index contributed by atoms with van der Waals surface area (Å²) in [5, 5.41) is 24.3. The van der Waals surface area contributed by atoms with E-state index in [1.165, 1.54) is 86.8 Å². The second-order valence-corrected chi connectivity index (χ2v) is 19.5. The fourth-order valence-corrected chi connectivity index (χ4v) is 12.3. The number of carbonyl (C=O) groups excluding carboxylic acids is 2. The van der Waals surface area contributed by atoms with Gasteiger partial charge in [0.1, 0.15) is 0 Å². The van der Waals surface area contributed by atoms with Crippen LogP contribution in [0.4, 0.5) is 0 Å². The Labute approximate surface area is 379 Å². The summed E-state index contributed by atoms with van der Waals surface area (Å²) < 4.78 is 46.4. The van der Waals surface area contributed by atoms with Crippen molar-refractivity contribution in [2.45, 2.75) is 88.3 Å². The van der Waals surface area contributed by atoms with Crippen molar-refractivity contribution in [3.05, 3.63) is 0 Å². The van der Waals surface area contributed by atoms with Gasteiger partial charge in [-0.15, -0.1) is 0 Å². The molecule has 8 aliphatic rings. The molecule has 18 nitrogen and oxygen atoms in total. The molecule has 0 saturated heterocycles. The van der Waals surface area contributed by atoms with E-state index in [1.54, 1.807) is 0 Å². The number of hydrogen-bond donors (Lipinski definition) is 4. The fraction of sp³-hybridized carbons (Fsp3) is 0.913. The lowest BCUT2D eigenvalue weighted by molar-refractivity contribution is -0.169. The van der Waals surface area contributed by atoms with Gasteiger partial charge in [-0.3, -0.25) is 29.0 Å². The van der Waals surface area contributed by atoms with E-state index in [-0.39, 0.29) is 63.7 Å². The zero-order chi connectivity index (χ0) is 45.0. The number of aliphatic carboxylic acids is 2. The van der Waals surface area contributed by atoms with E-state index >= 15 is 0 Å². The monoisotopic (exact) mass is 911 g/mol. The third kappa shape index (κ3) is 17.9. The number of carbonyl (C=O) groups is 4. The van der Waals surface area contributed by atoms with Crippen molar-refractivity contribution in [2.75, 3.05) is 145 Å². The first-order valence-corrected chi connectivity index (χ1v) is 24.2. The number of rotatable bonds is 37. The smallest absolute Gasteiger partial charge is 0.317 e. The summed E-state index contributed by atoms with van der Waals surface area (Å²) >= 11 is 0. The number of carboxylic acid groups (broad SMARTS) is 2. The predicted octanol–water partition coefficient (Wildman–Crippen LogP) is 2.06. The summed E-state index contributed by atoms with van der Waals surface area (Å²) in [4.78, 5) is 51.0. The summed E-state index contributed by atoms with van der Waals surface area (Å²) in [5.41, 5.74) is 0.204. The van der Waals surface area contributed by atoms with E-state index in [0.717, 1.165) is 35.5 Å². The predicted molar refractivity (Wildman–Crippen MR) is 233 cm³/mol. The third-order valence-electron chi connectivity index (χ3n) is 14.0. The summed E-state index contributed by atoms with van der Waals surface area (Å²) in [6, 6.07) is 0. The van der Waals surface area contributed by atoms with Crippen LogP contribution in [0.1, 0.15) is 77.0 Å². The first-order valence-electron chi connectivity index (χ1n) is 24.2. The molecule has 64 heavy (non-hydrogen) atoms. The van der Waals surface area contributed by atoms with Crippen LogP contribution in [0.5, 0.6) is 0 Å². The second-order valence-electron chi connectivity index (χ2n) is 19.5. The minimum atomic E-state index is -1.14. The molecule has 0 radical (unpaired) electrons. The Balaban J connectivity index is 0.710. The molecule has 8 fully saturated rings. The lowest BCUT2D eigenvalue weighted by Gasteiger charge is -2.56. The van der Waals surface area contributed by atoms with E-state index in [2.05, 4.69) is 10.6 Å². The summed E-state index contributed by atoms with van der Waals surface area (Å²) in [6.45, 7) is 5.45. The van der Waals surface area contributed by atoms with Crippen molar-refractivity contribution >= 4 is 23.8 Å². The molecule has 0 atom stereocenters. The number of carboxylic acids is 2. The van der Waals surface area contributed by atoms with Crippen LogP contribution >= 0.6 is 0 Å². The topological polar surface area (TPSA) is 213 Å². The van der Waals surface area contributed by atoms with Crippen LogP contribution in [0.25, 0.3) is 0 Å². The maximum Gasteiger partial charge on any atom is 0.317 e. The van der Waals surface area contributed by atoms with Gasteiger partial charge in [-0.05, 0) is 113 Å². The van der Waals surface area contributed by atoms with Crippen molar-refractivity contribution in [1.82, 2.24) is 20.4 Å². The number of nitrogens with zero attached hydrogens (tertiary/aromatic N) is 2. The summed E-state index contributed by atoms with van der Waals surface area (Å²) in [5.74, 6) is 2.09.